The zero-order chi connectivity index (χ0) is 24.3. The van der Waals surface area contributed by atoms with Gasteiger partial charge in [0.15, 0.2) is 0 Å². The minimum Gasteiger partial charge on any atom is -0.387 e. The monoisotopic (exact) mass is 477 g/mol. The number of aliphatic hydroxyl groups excluding tert-OH is 1. The number of hydrogen-bond acceptors (Lipinski definition) is 4. The van der Waals surface area contributed by atoms with Gasteiger partial charge in [0, 0.05) is 31.2 Å². The predicted molar refractivity (Wildman–Crippen MR) is 128 cm³/mol. The number of amides is 3. The molecular weight excluding hydrogens is 442 g/mol. The maximum absolute atomic E-state index is 13.5. The van der Waals surface area contributed by atoms with E-state index < -0.39 is 12.6 Å². The van der Waals surface area contributed by atoms with Crippen LogP contribution in [-0.4, -0.2) is 71.5 Å². The van der Waals surface area contributed by atoms with Crippen LogP contribution in [0.5, 0.6) is 0 Å². The van der Waals surface area contributed by atoms with E-state index in [1.165, 1.54) is 10.5 Å². The molecule has 2 aliphatic rings. The number of carbonyl (C=O) groups is 3. The van der Waals surface area contributed by atoms with Crippen molar-refractivity contribution in [1.82, 2.24) is 15.1 Å². The molecule has 2 saturated heterocycles. The van der Waals surface area contributed by atoms with Gasteiger partial charge >= 0.3 is 0 Å². The maximum Gasteiger partial charge on any atom is 0.248 e. The van der Waals surface area contributed by atoms with Gasteiger partial charge < -0.3 is 20.2 Å². The third-order valence-electron chi connectivity index (χ3n) is 7.09. The Morgan fingerprint density at radius 2 is 1.76 bits per heavy atom. The van der Waals surface area contributed by atoms with Crippen LogP contribution in [0, 0.1) is 17.3 Å². The van der Waals surface area contributed by atoms with Crippen molar-refractivity contribution in [3.8, 4) is 0 Å². The number of nitrogens with zero attached hydrogens (tertiary/aromatic N) is 2. The van der Waals surface area contributed by atoms with Crippen LogP contribution < -0.4 is 5.32 Å². The fourth-order valence-corrected chi connectivity index (χ4v) is 5.27. The zero-order valence-corrected chi connectivity index (χ0v) is 20.8. The van der Waals surface area contributed by atoms with Crippen molar-refractivity contribution in [1.29, 1.82) is 0 Å². The Hall–Kier alpha value is -2.12. The minimum atomic E-state index is -0.608. The molecule has 1 unspecified atom stereocenters. The summed E-state index contributed by atoms with van der Waals surface area (Å²) in [7, 11) is 0. The Labute approximate surface area is 201 Å². The van der Waals surface area contributed by atoms with E-state index in [0.29, 0.717) is 37.0 Å². The summed E-state index contributed by atoms with van der Waals surface area (Å²) in [6, 6.07) is 7.34. The molecule has 2 heterocycles. The Morgan fingerprint density at radius 1 is 1.12 bits per heavy atom. The summed E-state index contributed by atoms with van der Waals surface area (Å²) < 4.78 is 0. The van der Waals surface area contributed by atoms with Crippen LogP contribution >= 0.6 is 11.6 Å². The van der Waals surface area contributed by atoms with Crippen molar-refractivity contribution in [2.75, 3.05) is 32.8 Å². The number of halogens is 1. The molecule has 2 fully saturated rings. The highest BCUT2D eigenvalue weighted by Gasteiger charge is 2.41. The smallest absolute Gasteiger partial charge is 0.248 e. The summed E-state index contributed by atoms with van der Waals surface area (Å²) in [6.07, 6.45) is 1.39. The number of piperidine rings is 1. The van der Waals surface area contributed by atoms with Gasteiger partial charge in [-0.1, -0.05) is 51.4 Å². The van der Waals surface area contributed by atoms with Crippen molar-refractivity contribution < 1.29 is 19.5 Å². The number of rotatable bonds is 6. The van der Waals surface area contributed by atoms with Gasteiger partial charge in [-0.15, -0.1) is 0 Å². The van der Waals surface area contributed by atoms with Gasteiger partial charge in [0.05, 0.1) is 5.92 Å². The van der Waals surface area contributed by atoms with Crippen LogP contribution in [0.4, 0.5) is 0 Å². The number of carbonyl (C=O) groups excluding carboxylic acids is 3. The molecule has 0 bridgehead atoms. The first-order chi connectivity index (χ1) is 15.5. The Balaban J connectivity index is 1.65. The molecular formula is C25H36ClN3O4. The molecule has 8 heteroatoms. The van der Waals surface area contributed by atoms with E-state index in [9.17, 15) is 14.4 Å². The van der Waals surface area contributed by atoms with E-state index in [2.05, 4.69) is 31.3 Å². The third kappa shape index (κ3) is 5.87. The molecule has 3 rings (SSSR count). The average molecular weight is 478 g/mol. The highest BCUT2D eigenvalue weighted by atomic mass is 35.5. The lowest BCUT2D eigenvalue weighted by Gasteiger charge is -2.45. The van der Waals surface area contributed by atoms with Gasteiger partial charge in [-0.3, -0.25) is 14.4 Å². The first-order valence-electron chi connectivity index (χ1n) is 11.8. The Bertz CT molecular complexity index is 871. The van der Waals surface area contributed by atoms with Crippen molar-refractivity contribution in [2.45, 2.75) is 52.5 Å². The van der Waals surface area contributed by atoms with Crippen LogP contribution in [0.3, 0.4) is 0 Å². The lowest BCUT2D eigenvalue weighted by atomic mass is 9.70. The van der Waals surface area contributed by atoms with Crippen molar-refractivity contribution in [3.63, 3.8) is 0 Å². The van der Waals surface area contributed by atoms with E-state index in [1.54, 1.807) is 0 Å². The fraction of sp³-hybridized carbons (Fsp3) is 0.640. The van der Waals surface area contributed by atoms with Gasteiger partial charge in [-0.2, -0.15) is 0 Å². The van der Waals surface area contributed by atoms with E-state index in [1.807, 2.05) is 30.9 Å². The number of nitrogens with one attached hydrogen (secondary N) is 1. The van der Waals surface area contributed by atoms with Crippen LogP contribution in [0.1, 0.15) is 52.0 Å². The third-order valence-corrected chi connectivity index (χ3v) is 7.34. The summed E-state index contributed by atoms with van der Waals surface area (Å²) in [5, 5.41) is 12.7. The molecule has 3 atom stereocenters. The molecule has 2 aliphatic heterocycles. The quantitative estimate of drug-likeness (QED) is 0.659. The van der Waals surface area contributed by atoms with Gasteiger partial charge in [-0.05, 0) is 47.8 Å². The Morgan fingerprint density at radius 3 is 2.33 bits per heavy atom. The highest BCUT2D eigenvalue weighted by molar-refractivity contribution is 6.30. The summed E-state index contributed by atoms with van der Waals surface area (Å²) in [5.74, 6) is -0.725. The zero-order valence-electron chi connectivity index (χ0n) is 20.0. The second kappa shape index (κ2) is 10.4. The fourth-order valence-electron chi connectivity index (χ4n) is 5.14. The molecule has 33 heavy (non-hydrogen) atoms. The molecule has 0 aromatic heterocycles. The highest BCUT2D eigenvalue weighted by Crippen LogP contribution is 2.42. The van der Waals surface area contributed by atoms with Crippen molar-refractivity contribution in [3.05, 3.63) is 34.9 Å². The standard InChI is InChI=1S/C25H36ClN3O4/c1-16(2)22(27-23(32)18-9-11-28(13-18)21(31)14-30)24(33)29-12-10-20(25(3,4)15-29)17-5-7-19(26)8-6-17/h5-8,16,18,20,22,30H,9-15H2,1-4H3,(H,27,32)/t18-,20?,22-/m1/s1. The first kappa shape index (κ1) is 25.5. The second-order valence-electron chi connectivity index (χ2n) is 10.4. The predicted octanol–water partition coefficient (Wildman–Crippen LogP) is 2.66. The molecule has 1 aromatic carbocycles. The van der Waals surface area contributed by atoms with Crippen molar-refractivity contribution >= 4 is 29.3 Å². The average Bonchev–Trinajstić information content (AvgIpc) is 3.27. The molecule has 0 saturated carbocycles. The van der Waals surface area contributed by atoms with Crippen LogP contribution in [0.15, 0.2) is 24.3 Å². The first-order valence-corrected chi connectivity index (χ1v) is 12.1. The largest absolute Gasteiger partial charge is 0.387 e. The van der Waals surface area contributed by atoms with Gasteiger partial charge in [0.25, 0.3) is 0 Å². The molecule has 0 radical (unpaired) electrons. The van der Waals surface area contributed by atoms with E-state index in [0.717, 1.165) is 6.42 Å². The summed E-state index contributed by atoms with van der Waals surface area (Å²) >= 11 is 6.05. The van der Waals surface area contributed by atoms with Gasteiger partial charge in [-0.25, -0.2) is 0 Å². The van der Waals surface area contributed by atoms with E-state index in [-0.39, 0.29) is 41.5 Å². The summed E-state index contributed by atoms with van der Waals surface area (Å²) in [4.78, 5) is 41.5. The van der Waals surface area contributed by atoms with Gasteiger partial charge in [0.2, 0.25) is 17.7 Å². The Kier molecular flexibility index (Phi) is 8.06. The number of aliphatic hydroxyl groups is 1. The number of hydrogen-bond donors (Lipinski definition) is 2. The normalized spacial score (nSPS) is 23.5. The topological polar surface area (TPSA) is 90.0 Å². The number of benzene rings is 1. The molecule has 1 aromatic rings. The summed E-state index contributed by atoms with van der Waals surface area (Å²) in [6.45, 7) is 9.66. The van der Waals surface area contributed by atoms with Crippen LogP contribution in [0.2, 0.25) is 5.02 Å². The molecule has 0 aliphatic carbocycles. The van der Waals surface area contributed by atoms with Crippen LogP contribution in [0.25, 0.3) is 0 Å². The van der Waals surface area contributed by atoms with E-state index in [4.69, 9.17) is 16.7 Å². The lowest BCUT2D eigenvalue weighted by Crippen LogP contribution is -2.56. The molecule has 0 spiro atoms. The minimum absolute atomic E-state index is 0.0535. The second-order valence-corrected chi connectivity index (χ2v) is 10.8. The van der Waals surface area contributed by atoms with Gasteiger partial charge in [0.1, 0.15) is 12.6 Å². The van der Waals surface area contributed by atoms with Crippen LogP contribution in [-0.2, 0) is 14.4 Å². The maximum atomic E-state index is 13.5. The van der Waals surface area contributed by atoms with E-state index >= 15 is 0 Å². The molecule has 2 N–H and O–H groups in total. The summed E-state index contributed by atoms with van der Waals surface area (Å²) in [5.41, 5.74) is 1.11. The van der Waals surface area contributed by atoms with Crippen molar-refractivity contribution in [2.24, 2.45) is 17.3 Å². The molecule has 182 valence electrons. The SMILES string of the molecule is CC(C)[C@@H](NC(=O)[C@@H]1CCN(C(=O)CO)C1)C(=O)N1CCC(c2ccc(Cl)cc2)C(C)(C)C1. The molecule has 3 amide bonds. The molecule has 7 nitrogen and oxygen atoms in total. The number of likely N-dealkylation sites (tertiary alicyclic amines) is 2. The lowest BCUT2D eigenvalue weighted by molar-refractivity contribution is -0.141.